The molecule has 0 unspecified atom stereocenters. The molecule has 368 valence electrons. The van der Waals surface area contributed by atoms with Crippen LogP contribution >= 0.6 is 0 Å². The van der Waals surface area contributed by atoms with Crippen LogP contribution in [-0.2, 0) is 21.7 Å². The first-order valence-electron chi connectivity index (χ1n) is 27.4. The van der Waals surface area contributed by atoms with Gasteiger partial charge in [0.2, 0.25) is 0 Å². The molecular weight excluding hydrogens is 924 g/mol. The lowest BCUT2D eigenvalue weighted by atomic mass is 9.44. The standard InChI is InChI=1S/C70H59BN4O/c1-67(2,3)41-24-26-43(27-25-41)75-59-34-51-50-33-54-55(69(6,7)31-30-68(54,4)5)37-63(50)76-62(51)35-49(59)45-28-29-46-48-32-47-44-22-16-17-23-52(44)70(8,9)53(47)36-58(48)74-60-39-61-57(38-56(60)71(75)64(45)65(46)74)72-66(40-18-12-10-13-19-40)73(61)42-20-14-11-15-21-42/h10-29,32-39H,30-31H2,1-9H3. The summed E-state index contributed by atoms with van der Waals surface area (Å²) < 4.78 is 12.1. The number of fused-ring (bicyclic) bond motifs is 16. The smallest absolute Gasteiger partial charge is 0.333 e. The van der Waals surface area contributed by atoms with Crippen LogP contribution in [0.1, 0.15) is 103 Å². The second-order valence-electron chi connectivity index (χ2n) is 25.4. The Balaban J connectivity index is 1.05. The van der Waals surface area contributed by atoms with Gasteiger partial charge in [-0.3, -0.25) is 4.57 Å². The van der Waals surface area contributed by atoms with E-state index in [-0.39, 0.29) is 28.5 Å². The predicted octanol–water partition coefficient (Wildman–Crippen LogP) is 16.9. The van der Waals surface area contributed by atoms with Crippen LogP contribution in [0.15, 0.2) is 174 Å². The van der Waals surface area contributed by atoms with E-state index in [0.29, 0.717) is 0 Å². The summed E-state index contributed by atoms with van der Waals surface area (Å²) in [6.45, 7) is 21.2. The monoisotopic (exact) mass is 982 g/mol. The van der Waals surface area contributed by atoms with Crippen molar-refractivity contribution in [2.24, 2.45) is 0 Å². The van der Waals surface area contributed by atoms with E-state index in [2.05, 4.69) is 246 Å². The third-order valence-corrected chi connectivity index (χ3v) is 18.7. The van der Waals surface area contributed by atoms with Crippen LogP contribution in [0.2, 0.25) is 0 Å². The molecule has 0 bridgehead atoms. The second kappa shape index (κ2) is 14.6. The van der Waals surface area contributed by atoms with E-state index in [9.17, 15) is 0 Å². The third kappa shape index (κ3) is 5.80. The van der Waals surface area contributed by atoms with E-state index in [1.165, 1.54) is 99.6 Å². The number of benzene rings is 9. The Morgan fingerprint density at radius 2 is 1.18 bits per heavy atom. The number of hydrogen-bond donors (Lipinski definition) is 0. The highest BCUT2D eigenvalue weighted by atomic mass is 16.3. The predicted molar refractivity (Wildman–Crippen MR) is 319 cm³/mol. The van der Waals surface area contributed by atoms with Crippen molar-refractivity contribution in [3.05, 3.63) is 198 Å². The minimum Gasteiger partial charge on any atom is -0.456 e. The molecule has 9 aromatic carbocycles. The molecule has 2 aliphatic heterocycles. The summed E-state index contributed by atoms with van der Waals surface area (Å²) in [5, 5.41) is 4.88. The largest absolute Gasteiger partial charge is 0.456 e. The van der Waals surface area contributed by atoms with Crippen LogP contribution in [0.5, 0.6) is 0 Å². The van der Waals surface area contributed by atoms with Gasteiger partial charge in [0.25, 0.3) is 0 Å². The maximum Gasteiger partial charge on any atom is 0.333 e. The molecule has 0 fully saturated rings. The lowest BCUT2D eigenvalue weighted by Crippen LogP contribution is -2.60. The van der Waals surface area contributed by atoms with Crippen molar-refractivity contribution in [2.75, 3.05) is 4.81 Å². The van der Waals surface area contributed by atoms with Crippen molar-refractivity contribution >= 4 is 83.9 Å². The summed E-state index contributed by atoms with van der Waals surface area (Å²) in [5.74, 6) is 0.925. The van der Waals surface area contributed by atoms with E-state index in [1.807, 2.05) is 0 Å². The van der Waals surface area contributed by atoms with E-state index < -0.39 is 0 Å². The Morgan fingerprint density at radius 3 is 1.93 bits per heavy atom. The first-order chi connectivity index (χ1) is 36.5. The summed E-state index contributed by atoms with van der Waals surface area (Å²) in [6.07, 6.45) is 2.31. The number of para-hydroxylation sites is 1. The number of imidazole rings is 1. The fourth-order valence-electron chi connectivity index (χ4n) is 14.5. The van der Waals surface area contributed by atoms with Crippen molar-refractivity contribution in [2.45, 2.75) is 96.8 Å². The van der Waals surface area contributed by atoms with Gasteiger partial charge in [-0.2, -0.15) is 0 Å². The summed E-state index contributed by atoms with van der Waals surface area (Å²) in [6, 6.07) is 64.5. The van der Waals surface area contributed by atoms with Gasteiger partial charge in [0.15, 0.2) is 0 Å². The van der Waals surface area contributed by atoms with E-state index in [0.717, 1.165) is 63.2 Å². The number of aromatic nitrogens is 3. The van der Waals surface area contributed by atoms with Crippen LogP contribution in [0.25, 0.3) is 99.8 Å². The van der Waals surface area contributed by atoms with Gasteiger partial charge in [-0.25, -0.2) is 4.98 Å². The minimum atomic E-state index is -0.197. The van der Waals surface area contributed by atoms with Gasteiger partial charge in [0.05, 0.1) is 22.1 Å². The first kappa shape index (κ1) is 44.2. The zero-order chi connectivity index (χ0) is 51.5. The highest BCUT2D eigenvalue weighted by Crippen LogP contribution is 2.54. The van der Waals surface area contributed by atoms with E-state index in [4.69, 9.17) is 9.40 Å². The van der Waals surface area contributed by atoms with Crippen LogP contribution in [0, 0.1) is 0 Å². The third-order valence-electron chi connectivity index (χ3n) is 18.7. The molecule has 5 heterocycles. The Labute approximate surface area is 444 Å². The Bertz CT molecular complexity index is 4520. The van der Waals surface area contributed by atoms with Gasteiger partial charge < -0.3 is 13.8 Å². The van der Waals surface area contributed by atoms with Gasteiger partial charge in [-0.15, -0.1) is 0 Å². The maximum absolute atomic E-state index is 7.11. The first-order valence-corrected chi connectivity index (χ1v) is 27.4. The van der Waals surface area contributed by atoms with Gasteiger partial charge in [0, 0.05) is 60.8 Å². The number of rotatable bonds is 3. The van der Waals surface area contributed by atoms with E-state index >= 15 is 0 Å². The number of hydrogen-bond acceptors (Lipinski definition) is 3. The number of nitrogens with zero attached hydrogens (tertiary/aromatic N) is 4. The van der Waals surface area contributed by atoms with Gasteiger partial charge in [-0.1, -0.05) is 159 Å². The molecule has 0 radical (unpaired) electrons. The van der Waals surface area contributed by atoms with Crippen molar-refractivity contribution in [3.8, 4) is 45.0 Å². The minimum absolute atomic E-state index is 0.00611. The molecule has 0 amide bonds. The van der Waals surface area contributed by atoms with Crippen molar-refractivity contribution in [3.63, 3.8) is 0 Å². The molecule has 5 nitrogen and oxygen atoms in total. The lowest BCUT2D eigenvalue weighted by molar-refractivity contribution is 0.332. The molecule has 0 spiro atoms. The summed E-state index contributed by atoms with van der Waals surface area (Å²) in [5.41, 5.74) is 26.6. The normalized spacial score (nSPS) is 16.4. The van der Waals surface area contributed by atoms with Gasteiger partial charge >= 0.3 is 6.85 Å². The molecule has 3 aromatic heterocycles. The average Bonchev–Trinajstić information content (AvgIpc) is 4.25. The molecule has 0 atom stereocenters. The summed E-state index contributed by atoms with van der Waals surface area (Å²) in [4.78, 5) is 8.32. The molecule has 16 rings (SSSR count). The molecule has 6 heteroatoms. The SMILES string of the molecule is CC(C)(C)c1ccc(N2B3c4cc5nc(-c6ccccc6)n(-c6ccccc6)c5cc4-n4c5cc6c(cc5c5ccc(c3c54)-c3cc4oc5cc7c(cc5c4cc32)C(C)(C)CCC7(C)C)-c2ccccc2C6(C)C)cc1. The van der Waals surface area contributed by atoms with Gasteiger partial charge in [0.1, 0.15) is 17.0 Å². The fourth-order valence-corrected chi connectivity index (χ4v) is 14.5. The molecule has 4 aliphatic rings. The zero-order valence-corrected chi connectivity index (χ0v) is 44.9. The average molecular weight is 983 g/mol. The van der Waals surface area contributed by atoms with Crippen LogP contribution in [-0.4, -0.2) is 21.0 Å². The Kier molecular flexibility index (Phi) is 8.52. The number of anilines is 2. The van der Waals surface area contributed by atoms with Crippen molar-refractivity contribution in [1.82, 2.24) is 14.1 Å². The summed E-state index contributed by atoms with van der Waals surface area (Å²) in [7, 11) is 0. The van der Waals surface area contributed by atoms with Crippen molar-refractivity contribution < 1.29 is 4.42 Å². The molecule has 12 aromatic rings. The highest BCUT2D eigenvalue weighted by Gasteiger charge is 2.46. The van der Waals surface area contributed by atoms with Crippen molar-refractivity contribution in [1.29, 1.82) is 0 Å². The molecule has 0 saturated carbocycles. The zero-order valence-electron chi connectivity index (χ0n) is 44.9. The van der Waals surface area contributed by atoms with E-state index in [1.54, 1.807) is 0 Å². The maximum atomic E-state index is 7.11. The molecule has 76 heavy (non-hydrogen) atoms. The number of furan rings is 1. The molecule has 2 aliphatic carbocycles. The second-order valence-corrected chi connectivity index (χ2v) is 25.4. The Hall–Kier alpha value is -8.09. The topological polar surface area (TPSA) is 39.1 Å². The molecule has 0 saturated heterocycles. The summed E-state index contributed by atoms with van der Waals surface area (Å²) >= 11 is 0. The fraction of sp³-hybridized carbons (Fsp3) is 0.214. The lowest BCUT2D eigenvalue weighted by Gasteiger charge is -2.42. The molecule has 0 N–H and O–H groups in total. The van der Waals surface area contributed by atoms with Crippen LogP contribution in [0.3, 0.4) is 0 Å². The van der Waals surface area contributed by atoms with Gasteiger partial charge in [-0.05, 0) is 157 Å². The Morgan fingerprint density at radius 1 is 0.500 bits per heavy atom. The highest BCUT2D eigenvalue weighted by molar-refractivity contribution is 6.94. The quantitative estimate of drug-likeness (QED) is 0.166. The van der Waals surface area contributed by atoms with Crippen LogP contribution < -0.4 is 15.7 Å². The molecular formula is C70H59BN4O. The van der Waals surface area contributed by atoms with Crippen LogP contribution in [0.4, 0.5) is 11.4 Å².